The zero-order valence-corrected chi connectivity index (χ0v) is 14.2. The minimum Gasteiger partial charge on any atom is -0.338 e. The van der Waals surface area contributed by atoms with Crippen LogP contribution in [0.4, 0.5) is 0 Å². The van der Waals surface area contributed by atoms with E-state index in [0.29, 0.717) is 16.5 Å². The lowest BCUT2D eigenvalue weighted by atomic mass is 10.1. The molecule has 1 rings (SSSR count). The van der Waals surface area contributed by atoms with E-state index in [1.165, 1.54) is 0 Å². The second-order valence-corrected chi connectivity index (χ2v) is 5.53. The van der Waals surface area contributed by atoms with Gasteiger partial charge in [0.2, 0.25) is 5.91 Å². The van der Waals surface area contributed by atoms with Gasteiger partial charge in [-0.1, -0.05) is 42.6 Å². The first-order valence-electron chi connectivity index (χ1n) is 6.35. The van der Waals surface area contributed by atoms with Crippen LogP contribution in [0.25, 0.3) is 0 Å². The van der Waals surface area contributed by atoms with Crippen molar-refractivity contribution in [2.75, 3.05) is 7.05 Å². The Bertz CT molecular complexity index is 454. The molecule has 3 nitrogen and oxygen atoms in total. The minimum atomic E-state index is -0.455. The van der Waals surface area contributed by atoms with Gasteiger partial charge in [0, 0.05) is 17.1 Å². The molecule has 0 aliphatic heterocycles. The van der Waals surface area contributed by atoms with E-state index < -0.39 is 6.04 Å². The number of benzene rings is 1. The van der Waals surface area contributed by atoms with Gasteiger partial charge in [-0.2, -0.15) is 0 Å². The molecule has 0 radical (unpaired) electrons. The van der Waals surface area contributed by atoms with Gasteiger partial charge in [0.05, 0.1) is 12.1 Å². The second-order valence-electron chi connectivity index (χ2n) is 4.69. The van der Waals surface area contributed by atoms with Crippen LogP contribution in [0.3, 0.4) is 0 Å². The van der Waals surface area contributed by atoms with Crippen LogP contribution >= 0.6 is 35.6 Å². The summed E-state index contributed by atoms with van der Waals surface area (Å²) in [7, 11) is 1.74. The number of nitrogens with two attached hydrogens (primary N) is 1. The van der Waals surface area contributed by atoms with Crippen molar-refractivity contribution >= 4 is 41.5 Å². The number of halogens is 3. The number of nitrogens with zero attached hydrogens (tertiary/aromatic N) is 1. The molecule has 0 heterocycles. The fourth-order valence-electron chi connectivity index (χ4n) is 1.94. The number of amides is 1. The Balaban J connectivity index is 0.00000361. The SMILES string of the molecule is CCCC(N)C(=O)N(C)C(C)c1ccc(Cl)cc1Cl.Cl. The summed E-state index contributed by atoms with van der Waals surface area (Å²) in [6, 6.07) is 4.69. The van der Waals surface area contributed by atoms with Gasteiger partial charge in [-0.15, -0.1) is 12.4 Å². The lowest BCUT2D eigenvalue weighted by molar-refractivity contribution is -0.133. The van der Waals surface area contributed by atoms with E-state index in [9.17, 15) is 4.79 Å². The van der Waals surface area contributed by atoms with E-state index in [1.54, 1.807) is 24.1 Å². The second kappa shape index (κ2) is 8.73. The third kappa shape index (κ3) is 4.81. The first-order chi connectivity index (χ1) is 8.88. The van der Waals surface area contributed by atoms with Gasteiger partial charge in [-0.25, -0.2) is 0 Å². The predicted octanol–water partition coefficient (Wildman–Crippen LogP) is 4.06. The molecule has 20 heavy (non-hydrogen) atoms. The Labute approximate surface area is 136 Å². The normalized spacial score (nSPS) is 13.3. The standard InChI is InChI=1S/C14H20Cl2N2O.ClH/c1-4-5-13(17)14(19)18(3)9(2)11-7-6-10(15)8-12(11)16;/h6-9,13H,4-5,17H2,1-3H3;1H. The number of hydrogen-bond donors (Lipinski definition) is 1. The summed E-state index contributed by atoms with van der Waals surface area (Å²) in [5.41, 5.74) is 6.73. The van der Waals surface area contributed by atoms with Crippen molar-refractivity contribution in [3.63, 3.8) is 0 Å². The van der Waals surface area contributed by atoms with Crippen LogP contribution in [0.15, 0.2) is 18.2 Å². The molecule has 6 heteroatoms. The van der Waals surface area contributed by atoms with Crippen molar-refractivity contribution in [1.82, 2.24) is 4.90 Å². The van der Waals surface area contributed by atoms with Crippen molar-refractivity contribution in [2.24, 2.45) is 5.73 Å². The molecule has 1 aromatic rings. The third-order valence-corrected chi connectivity index (χ3v) is 3.82. The Kier molecular flexibility index (Phi) is 8.52. The monoisotopic (exact) mass is 338 g/mol. The number of likely N-dealkylation sites (N-methyl/N-ethyl adjacent to an activating group) is 1. The predicted molar refractivity (Wildman–Crippen MR) is 87.8 cm³/mol. The average Bonchev–Trinajstić information content (AvgIpc) is 2.36. The smallest absolute Gasteiger partial charge is 0.239 e. The first-order valence-corrected chi connectivity index (χ1v) is 7.11. The molecule has 0 saturated heterocycles. The van der Waals surface area contributed by atoms with E-state index >= 15 is 0 Å². The van der Waals surface area contributed by atoms with Crippen LogP contribution in [0.2, 0.25) is 10.0 Å². The van der Waals surface area contributed by atoms with Gasteiger partial charge in [0.25, 0.3) is 0 Å². The van der Waals surface area contributed by atoms with Gasteiger partial charge in [0.1, 0.15) is 0 Å². The van der Waals surface area contributed by atoms with Crippen molar-refractivity contribution in [2.45, 2.75) is 38.8 Å². The molecule has 1 amide bonds. The highest BCUT2D eigenvalue weighted by Crippen LogP contribution is 2.29. The highest BCUT2D eigenvalue weighted by molar-refractivity contribution is 6.35. The molecule has 0 saturated carbocycles. The van der Waals surface area contributed by atoms with E-state index in [0.717, 1.165) is 12.0 Å². The number of hydrogen-bond acceptors (Lipinski definition) is 2. The largest absolute Gasteiger partial charge is 0.338 e. The molecule has 0 aliphatic rings. The van der Waals surface area contributed by atoms with Crippen LogP contribution in [-0.2, 0) is 4.79 Å². The summed E-state index contributed by atoms with van der Waals surface area (Å²) in [4.78, 5) is 13.8. The maximum atomic E-state index is 12.2. The zero-order chi connectivity index (χ0) is 14.6. The molecular formula is C14H21Cl3N2O. The lowest BCUT2D eigenvalue weighted by Gasteiger charge is -2.28. The molecule has 0 spiro atoms. The third-order valence-electron chi connectivity index (χ3n) is 3.26. The highest BCUT2D eigenvalue weighted by Gasteiger charge is 2.23. The molecule has 0 aromatic heterocycles. The van der Waals surface area contributed by atoms with E-state index in [2.05, 4.69) is 0 Å². The van der Waals surface area contributed by atoms with Gasteiger partial charge in [-0.3, -0.25) is 4.79 Å². The average molecular weight is 340 g/mol. The van der Waals surface area contributed by atoms with Crippen molar-refractivity contribution in [3.8, 4) is 0 Å². The van der Waals surface area contributed by atoms with Crippen molar-refractivity contribution in [1.29, 1.82) is 0 Å². The maximum Gasteiger partial charge on any atom is 0.239 e. The van der Waals surface area contributed by atoms with Gasteiger partial charge < -0.3 is 10.6 Å². The fourth-order valence-corrected chi connectivity index (χ4v) is 2.50. The quantitative estimate of drug-likeness (QED) is 0.879. The number of carbonyl (C=O) groups excluding carboxylic acids is 1. The van der Waals surface area contributed by atoms with E-state index in [1.807, 2.05) is 19.9 Å². The van der Waals surface area contributed by atoms with Crippen LogP contribution in [0, 0.1) is 0 Å². The molecule has 0 aliphatic carbocycles. The van der Waals surface area contributed by atoms with Gasteiger partial charge in [-0.05, 0) is 31.0 Å². The first kappa shape index (κ1) is 19.5. The number of rotatable bonds is 5. The summed E-state index contributed by atoms with van der Waals surface area (Å²) >= 11 is 12.0. The molecule has 114 valence electrons. The van der Waals surface area contributed by atoms with Crippen molar-refractivity contribution in [3.05, 3.63) is 33.8 Å². The summed E-state index contributed by atoms with van der Waals surface area (Å²) in [5.74, 6) is -0.0691. The number of carbonyl (C=O) groups is 1. The molecule has 1 aromatic carbocycles. The maximum absolute atomic E-state index is 12.2. The summed E-state index contributed by atoms with van der Waals surface area (Å²) in [6.07, 6.45) is 1.57. The Hall–Kier alpha value is -0.480. The van der Waals surface area contributed by atoms with Crippen LogP contribution in [0.5, 0.6) is 0 Å². The molecular weight excluding hydrogens is 319 g/mol. The van der Waals surface area contributed by atoms with Crippen LogP contribution in [-0.4, -0.2) is 23.9 Å². The Morgan fingerprint density at radius 2 is 2.00 bits per heavy atom. The van der Waals surface area contributed by atoms with Crippen LogP contribution < -0.4 is 5.73 Å². The zero-order valence-electron chi connectivity index (χ0n) is 11.9. The van der Waals surface area contributed by atoms with E-state index in [4.69, 9.17) is 28.9 Å². The summed E-state index contributed by atoms with van der Waals surface area (Å²) in [6.45, 7) is 3.93. The topological polar surface area (TPSA) is 46.3 Å². The molecule has 0 fully saturated rings. The molecule has 0 bridgehead atoms. The summed E-state index contributed by atoms with van der Waals surface area (Å²) < 4.78 is 0. The summed E-state index contributed by atoms with van der Waals surface area (Å²) in [5, 5.41) is 1.14. The fraction of sp³-hybridized carbons (Fsp3) is 0.500. The molecule has 2 atom stereocenters. The minimum absolute atomic E-state index is 0. The van der Waals surface area contributed by atoms with Gasteiger partial charge in [0.15, 0.2) is 0 Å². The van der Waals surface area contributed by atoms with Crippen molar-refractivity contribution < 1.29 is 4.79 Å². The van der Waals surface area contributed by atoms with E-state index in [-0.39, 0.29) is 24.4 Å². The molecule has 2 N–H and O–H groups in total. The Morgan fingerprint density at radius 3 is 2.50 bits per heavy atom. The van der Waals surface area contributed by atoms with Gasteiger partial charge >= 0.3 is 0 Å². The molecule has 2 unspecified atom stereocenters. The van der Waals surface area contributed by atoms with Crippen LogP contribution in [0.1, 0.15) is 38.3 Å². The Morgan fingerprint density at radius 1 is 1.40 bits per heavy atom. The highest BCUT2D eigenvalue weighted by atomic mass is 35.5. The lowest BCUT2D eigenvalue weighted by Crippen LogP contribution is -2.42.